The van der Waals surface area contributed by atoms with Crippen molar-refractivity contribution < 1.29 is 26.3 Å². The molecule has 0 radical (unpaired) electrons. The lowest BCUT2D eigenvalue weighted by molar-refractivity contribution is -0.137. The molecule has 0 aliphatic rings. The van der Waals surface area contributed by atoms with Crippen LogP contribution in [0, 0.1) is 22.7 Å². The largest absolute Gasteiger partial charge is 0.417 e. The van der Waals surface area contributed by atoms with Crippen LogP contribution in [-0.2, 0) is 12.4 Å². The fraction of sp³-hybridized carbons (Fsp3) is 0.0200. The molecule has 0 amide bonds. The summed E-state index contributed by atoms with van der Waals surface area (Å²) in [6.45, 7) is 0. The average molecular weight is 1460 g/mol. The van der Waals surface area contributed by atoms with E-state index in [4.69, 9.17) is 0 Å². The zero-order valence-electron chi connectivity index (χ0n) is 59.4. The molecular formula is C100H58F6N6. The minimum Gasteiger partial charge on any atom is -0.307 e. The molecule has 20 rings (SSSR count). The van der Waals surface area contributed by atoms with Crippen LogP contribution in [0.25, 0.3) is 188 Å². The minimum absolute atomic E-state index is 0.113. The fourth-order valence-corrected chi connectivity index (χ4v) is 17.1. The molecule has 112 heavy (non-hydrogen) atoms. The van der Waals surface area contributed by atoms with Gasteiger partial charge in [0, 0.05) is 43.1 Å². The van der Waals surface area contributed by atoms with Crippen LogP contribution in [0.15, 0.2) is 352 Å². The number of fused-ring (bicyclic) bond motifs is 12. The van der Waals surface area contributed by atoms with Gasteiger partial charge in [-0.05, 0) is 193 Å². The first kappa shape index (κ1) is 66.7. The lowest BCUT2D eigenvalue weighted by Crippen LogP contribution is -2.12. The van der Waals surface area contributed by atoms with Crippen molar-refractivity contribution in [2.24, 2.45) is 0 Å². The van der Waals surface area contributed by atoms with Crippen LogP contribution < -0.4 is 0 Å². The third kappa shape index (κ3) is 10.9. The van der Waals surface area contributed by atoms with Gasteiger partial charge in [0.25, 0.3) is 0 Å². The normalized spacial score (nSPS) is 12.0. The van der Waals surface area contributed by atoms with Crippen molar-refractivity contribution in [3.8, 4) is 113 Å². The lowest BCUT2D eigenvalue weighted by atomic mass is 9.87. The maximum absolute atomic E-state index is 16.8. The molecule has 0 N–H and O–H groups in total. The summed E-state index contributed by atoms with van der Waals surface area (Å²) < 4.78 is 109. The van der Waals surface area contributed by atoms with Gasteiger partial charge in [-0.25, -0.2) is 0 Å². The molecule has 0 bridgehead atoms. The number of nitrogens with zero attached hydrogens (tertiary/aromatic N) is 6. The molecule has 0 atom stereocenters. The quantitative estimate of drug-likeness (QED) is 0.121. The van der Waals surface area contributed by atoms with Crippen molar-refractivity contribution in [3.05, 3.63) is 374 Å². The van der Waals surface area contributed by atoms with Crippen molar-refractivity contribution in [3.63, 3.8) is 0 Å². The summed E-state index contributed by atoms with van der Waals surface area (Å²) in [5.74, 6) is 0. The number of alkyl halides is 6. The predicted molar refractivity (Wildman–Crippen MR) is 441 cm³/mol. The summed E-state index contributed by atoms with van der Waals surface area (Å²) in [5.41, 5.74) is 14.0. The van der Waals surface area contributed by atoms with Gasteiger partial charge in [-0.2, -0.15) is 36.9 Å². The number of para-hydroxylation sites is 4. The Morgan fingerprint density at radius 1 is 0.196 bits per heavy atom. The molecule has 0 saturated carbocycles. The third-order valence-electron chi connectivity index (χ3n) is 22.1. The summed E-state index contributed by atoms with van der Waals surface area (Å²) in [7, 11) is 0. The Kier molecular flexibility index (Phi) is 15.5. The van der Waals surface area contributed by atoms with E-state index < -0.39 is 23.5 Å². The summed E-state index contributed by atoms with van der Waals surface area (Å²) >= 11 is 0. The first-order valence-corrected chi connectivity index (χ1v) is 36.7. The molecule has 0 saturated heterocycles. The molecule has 4 heterocycles. The smallest absolute Gasteiger partial charge is 0.307 e. The van der Waals surface area contributed by atoms with Crippen molar-refractivity contribution in [1.82, 2.24) is 18.3 Å². The maximum Gasteiger partial charge on any atom is 0.417 e. The molecule has 0 aliphatic heterocycles. The van der Waals surface area contributed by atoms with Gasteiger partial charge in [-0.15, -0.1) is 0 Å². The molecule has 0 spiro atoms. The Morgan fingerprint density at radius 3 is 0.938 bits per heavy atom. The van der Waals surface area contributed by atoms with Gasteiger partial charge in [0.2, 0.25) is 0 Å². The Bertz CT molecular complexity index is 7350. The molecule has 0 unspecified atom stereocenters. The van der Waals surface area contributed by atoms with Crippen molar-refractivity contribution in [1.29, 1.82) is 10.5 Å². The molecule has 4 aromatic heterocycles. The van der Waals surface area contributed by atoms with E-state index in [0.717, 1.165) is 110 Å². The summed E-state index contributed by atoms with van der Waals surface area (Å²) in [6.07, 6.45) is -9.84. The Hall–Kier alpha value is -14.7. The van der Waals surface area contributed by atoms with E-state index in [0.29, 0.717) is 44.4 Å². The molecule has 20 aromatic rings. The molecule has 6 nitrogen and oxygen atoms in total. The van der Waals surface area contributed by atoms with Crippen LogP contribution >= 0.6 is 0 Å². The summed E-state index contributed by atoms with van der Waals surface area (Å²) in [5, 5.41) is 27.1. The summed E-state index contributed by atoms with van der Waals surface area (Å²) in [6, 6.07) is 115. The molecule has 12 heteroatoms. The monoisotopic (exact) mass is 1460 g/mol. The van der Waals surface area contributed by atoms with E-state index >= 15 is 26.3 Å². The predicted octanol–water partition coefficient (Wildman–Crippen LogP) is 27.5. The zero-order chi connectivity index (χ0) is 75.7. The van der Waals surface area contributed by atoms with Crippen LogP contribution in [0.2, 0.25) is 0 Å². The number of hydrogen-bond donors (Lipinski definition) is 0. The molecule has 0 fully saturated rings. The number of nitriles is 2. The molecule has 16 aromatic carbocycles. The first-order chi connectivity index (χ1) is 54.7. The Labute approximate surface area is 637 Å². The van der Waals surface area contributed by atoms with Crippen LogP contribution in [0.3, 0.4) is 0 Å². The fourth-order valence-electron chi connectivity index (χ4n) is 17.1. The van der Waals surface area contributed by atoms with Gasteiger partial charge < -0.3 is 18.3 Å². The van der Waals surface area contributed by atoms with Gasteiger partial charge in [0.15, 0.2) is 0 Å². The van der Waals surface area contributed by atoms with Crippen molar-refractivity contribution >= 4 is 87.2 Å². The van der Waals surface area contributed by atoms with Gasteiger partial charge in [-0.1, -0.05) is 237 Å². The minimum atomic E-state index is -4.92. The first-order valence-electron chi connectivity index (χ1n) is 36.7. The second kappa shape index (κ2) is 26.0. The number of rotatable bonds is 11. The maximum atomic E-state index is 16.8. The Balaban J connectivity index is 0.910. The number of benzene rings is 16. The molecular weight excluding hydrogens is 1400 g/mol. The number of aromatic nitrogens is 4. The van der Waals surface area contributed by atoms with Crippen molar-refractivity contribution in [2.45, 2.75) is 12.4 Å². The SMILES string of the molecule is N#Cc1cccc(-c2cc(-n3c4ccccc4c4ccc(-c5ccccc5)cc43)c(-n3c4ccccc4c4cc(-c5cc6c(cc5-c5ccccc5)c5ccccc5n6-c5cc(C(F)(F)F)c(-c6cccc(C#N)c6)cc5-n5c6ccccc6c6cc(-c7ccccc7)ccc65)c(-c5ccccc5)cc43)cc2C(F)(F)F)c1. The van der Waals surface area contributed by atoms with Crippen molar-refractivity contribution in [2.75, 3.05) is 0 Å². The third-order valence-corrected chi connectivity index (χ3v) is 22.1. The highest BCUT2D eigenvalue weighted by Crippen LogP contribution is 2.52. The van der Waals surface area contributed by atoms with E-state index in [9.17, 15) is 10.5 Å². The lowest BCUT2D eigenvalue weighted by Gasteiger charge is -2.23. The van der Waals surface area contributed by atoms with E-state index in [1.165, 1.54) is 24.3 Å². The highest BCUT2D eigenvalue weighted by molar-refractivity contribution is 6.18. The zero-order valence-corrected chi connectivity index (χ0v) is 59.4. The average Bonchev–Trinajstić information content (AvgIpc) is 1.54. The highest BCUT2D eigenvalue weighted by atomic mass is 19.4. The Morgan fingerprint density at radius 2 is 0.500 bits per heavy atom. The van der Waals surface area contributed by atoms with E-state index in [1.807, 2.05) is 228 Å². The van der Waals surface area contributed by atoms with Crippen LogP contribution in [0.1, 0.15) is 22.3 Å². The van der Waals surface area contributed by atoms with E-state index in [-0.39, 0.29) is 44.8 Å². The standard InChI is InChI=1S/C100H58F6N6/c101-99(102,103)85-57-97(95(54-78(85)69-33-21-23-61(47-69)59-107)109-88-40-18-14-36-72(88)82-49-67(44-46-91(82)109)63-25-5-1-6-26-63)112-89-41-19-15-37-73(89)83-51-76(65-29-9-3-10-30-65)81(56-94(83)112)80-52-84-74-38-16-20-42-90(74)111(93(84)53-77(80)66-31-11-4-12-32-66)98-58-86(100(104,105)106)79(70-34-22-24-62(48-70)60-108)55-96(98)110-87-39-17-13-35-71(87)75-45-43-68(50-92(75)110)64-27-7-2-8-28-64/h1-58H. The van der Waals surface area contributed by atoms with E-state index in [1.54, 1.807) is 48.5 Å². The highest BCUT2D eigenvalue weighted by Gasteiger charge is 2.39. The second-order valence-electron chi connectivity index (χ2n) is 28.3. The topological polar surface area (TPSA) is 67.3 Å². The van der Waals surface area contributed by atoms with Crippen LogP contribution in [0.4, 0.5) is 26.3 Å². The van der Waals surface area contributed by atoms with Gasteiger partial charge in [-0.3, -0.25) is 0 Å². The van der Waals surface area contributed by atoms with Gasteiger partial charge >= 0.3 is 12.4 Å². The van der Waals surface area contributed by atoms with Gasteiger partial charge in [0.1, 0.15) is 0 Å². The summed E-state index contributed by atoms with van der Waals surface area (Å²) in [4.78, 5) is 0. The number of halogens is 6. The van der Waals surface area contributed by atoms with E-state index in [2.05, 4.69) is 81.9 Å². The molecule has 0 aliphatic carbocycles. The second-order valence-corrected chi connectivity index (χ2v) is 28.3. The number of hydrogen-bond acceptors (Lipinski definition) is 2. The molecule has 530 valence electrons. The van der Waals surface area contributed by atoms with Crippen LogP contribution in [0.5, 0.6) is 0 Å². The van der Waals surface area contributed by atoms with Crippen LogP contribution in [-0.4, -0.2) is 18.3 Å². The van der Waals surface area contributed by atoms with Gasteiger partial charge in [0.05, 0.1) is 101 Å².